The molecule has 1 aliphatic rings. The zero-order valence-electron chi connectivity index (χ0n) is 8.26. The van der Waals surface area contributed by atoms with Crippen LogP contribution in [0.2, 0.25) is 0 Å². The summed E-state index contributed by atoms with van der Waals surface area (Å²) in [6.45, 7) is 9.31. The fraction of sp³-hybridized carbons (Fsp3) is 0.800. The molecule has 1 atom stereocenters. The molecule has 0 aromatic carbocycles. The van der Waals surface area contributed by atoms with Crippen LogP contribution in [0.4, 0.5) is 0 Å². The lowest BCUT2D eigenvalue weighted by molar-refractivity contribution is -0.00315. The molecule has 0 saturated carbocycles. The van der Waals surface area contributed by atoms with E-state index in [9.17, 15) is 0 Å². The molecular formula is C10H19NO. The Hall–Kier alpha value is -0.340. The Morgan fingerprint density at radius 1 is 1.33 bits per heavy atom. The minimum absolute atomic E-state index is 0.234. The lowest BCUT2D eigenvalue weighted by Crippen LogP contribution is -2.40. The predicted molar refractivity (Wildman–Crippen MR) is 51.2 cm³/mol. The number of rotatable bonds is 0. The van der Waals surface area contributed by atoms with Crippen molar-refractivity contribution >= 4 is 0 Å². The summed E-state index contributed by atoms with van der Waals surface area (Å²) in [4.78, 5) is 0. The molecule has 0 aromatic heterocycles. The molecule has 0 saturated heterocycles. The van der Waals surface area contributed by atoms with Crippen molar-refractivity contribution in [3.63, 3.8) is 0 Å². The van der Waals surface area contributed by atoms with Crippen molar-refractivity contribution < 1.29 is 4.74 Å². The third-order valence-corrected chi connectivity index (χ3v) is 2.12. The fourth-order valence-corrected chi connectivity index (χ4v) is 1.24. The van der Waals surface area contributed by atoms with Gasteiger partial charge in [-0.2, -0.15) is 0 Å². The molecule has 0 radical (unpaired) electrons. The number of ether oxygens (including phenoxy) is 1. The zero-order chi connectivity index (χ0) is 9.03. The maximum absolute atomic E-state index is 5.70. The van der Waals surface area contributed by atoms with Gasteiger partial charge in [-0.25, -0.2) is 0 Å². The monoisotopic (exact) mass is 169 g/mol. The molecular weight excluding hydrogens is 150 g/mol. The van der Waals surface area contributed by atoms with E-state index >= 15 is 0 Å². The first kappa shape index (κ1) is 9.75. The zero-order valence-corrected chi connectivity index (χ0v) is 8.26. The van der Waals surface area contributed by atoms with Crippen molar-refractivity contribution in [2.75, 3.05) is 19.7 Å². The highest BCUT2D eigenvalue weighted by Gasteiger charge is 2.24. The summed E-state index contributed by atoms with van der Waals surface area (Å²) < 4.78 is 5.70. The molecule has 12 heavy (non-hydrogen) atoms. The average Bonchev–Trinajstić information content (AvgIpc) is 1.81. The minimum atomic E-state index is 0.234. The number of nitrogens with one attached hydrogen (secondary N) is 1. The molecule has 0 spiro atoms. The topological polar surface area (TPSA) is 21.3 Å². The largest absolute Gasteiger partial charge is 0.372 e. The highest BCUT2D eigenvalue weighted by molar-refractivity contribution is 4.88. The second kappa shape index (κ2) is 4.06. The van der Waals surface area contributed by atoms with Gasteiger partial charge in [0, 0.05) is 13.1 Å². The van der Waals surface area contributed by atoms with E-state index in [0.29, 0.717) is 6.10 Å². The van der Waals surface area contributed by atoms with Crippen molar-refractivity contribution in [3.05, 3.63) is 12.2 Å². The van der Waals surface area contributed by atoms with E-state index in [4.69, 9.17) is 4.74 Å². The van der Waals surface area contributed by atoms with Crippen molar-refractivity contribution in [2.24, 2.45) is 5.41 Å². The van der Waals surface area contributed by atoms with Gasteiger partial charge in [-0.1, -0.05) is 32.9 Å². The molecule has 1 unspecified atom stereocenters. The summed E-state index contributed by atoms with van der Waals surface area (Å²) in [5.74, 6) is 0. The number of hydrogen-bond acceptors (Lipinski definition) is 2. The summed E-state index contributed by atoms with van der Waals surface area (Å²) in [5.41, 5.74) is 0.234. The van der Waals surface area contributed by atoms with Gasteiger partial charge in [-0.15, -0.1) is 0 Å². The molecule has 1 N–H and O–H groups in total. The molecule has 1 rings (SSSR count). The summed E-state index contributed by atoms with van der Waals surface area (Å²) in [7, 11) is 0. The predicted octanol–water partition coefficient (Wildman–Crippen LogP) is 1.58. The van der Waals surface area contributed by atoms with Gasteiger partial charge in [0.25, 0.3) is 0 Å². The van der Waals surface area contributed by atoms with Crippen molar-refractivity contribution in [3.8, 4) is 0 Å². The Balaban J connectivity index is 2.48. The van der Waals surface area contributed by atoms with Gasteiger partial charge in [0.2, 0.25) is 0 Å². The van der Waals surface area contributed by atoms with Crippen LogP contribution in [0.5, 0.6) is 0 Å². The molecule has 0 aromatic rings. The summed E-state index contributed by atoms with van der Waals surface area (Å²) in [6, 6.07) is 0. The van der Waals surface area contributed by atoms with Crippen LogP contribution in [0.15, 0.2) is 12.2 Å². The molecule has 2 heteroatoms. The first-order valence-electron chi connectivity index (χ1n) is 4.58. The van der Waals surface area contributed by atoms with Crippen molar-refractivity contribution in [1.29, 1.82) is 0 Å². The van der Waals surface area contributed by atoms with Gasteiger partial charge in [0.1, 0.15) is 0 Å². The van der Waals surface area contributed by atoms with Crippen LogP contribution in [-0.2, 0) is 4.74 Å². The summed E-state index contributed by atoms with van der Waals surface area (Å²) >= 11 is 0. The normalized spacial score (nSPS) is 29.1. The van der Waals surface area contributed by atoms with E-state index in [1.165, 1.54) is 0 Å². The Morgan fingerprint density at radius 2 is 2.08 bits per heavy atom. The smallest absolute Gasteiger partial charge is 0.0751 e. The third-order valence-electron chi connectivity index (χ3n) is 2.12. The van der Waals surface area contributed by atoms with Crippen LogP contribution >= 0.6 is 0 Å². The average molecular weight is 169 g/mol. The van der Waals surface area contributed by atoms with E-state index in [2.05, 4.69) is 38.2 Å². The SMILES string of the molecule is CC(C)(C)C1CNC/C=C\CO1. The van der Waals surface area contributed by atoms with Crippen LogP contribution < -0.4 is 5.32 Å². The highest BCUT2D eigenvalue weighted by atomic mass is 16.5. The Bertz CT molecular complexity index is 158. The van der Waals surface area contributed by atoms with Crippen molar-refractivity contribution in [1.82, 2.24) is 5.32 Å². The van der Waals surface area contributed by atoms with Crippen LogP contribution in [0.25, 0.3) is 0 Å². The van der Waals surface area contributed by atoms with Gasteiger partial charge in [0.15, 0.2) is 0 Å². The van der Waals surface area contributed by atoms with Gasteiger partial charge < -0.3 is 10.1 Å². The third kappa shape index (κ3) is 2.95. The molecule has 0 aliphatic carbocycles. The molecule has 1 aliphatic heterocycles. The van der Waals surface area contributed by atoms with Crippen LogP contribution in [0.1, 0.15) is 20.8 Å². The van der Waals surface area contributed by atoms with Crippen molar-refractivity contribution in [2.45, 2.75) is 26.9 Å². The maximum atomic E-state index is 5.70. The lowest BCUT2D eigenvalue weighted by Gasteiger charge is -2.31. The van der Waals surface area contributed by atoms with Crippen LogP contribution in [0, 0.1) is 5.41 Å². The number of hydrogen-bond donors (Lipinski definition) is 1. The maximum Gasteiger partial charge on any atom is 0.0751 e. The molecule has 0 bridgehead atoms. The first-order valence-corrected chi connectivity index (χ1v) is 4.58. The van der Waals surface area contributed by atoms with Gasteiger partial charge >= 0.3 is 0 Å². The molecule has 2 nitrogen and oxygen atoms in total. The fourth-order valence-electron chi connectivity index (χ4n) is 1.24. The van der Waals surface area contributed by atoms with E-state index in [1.807, 2.05) is 0 Å². The molecule has 0 fully saturated rings. The van der Waals surface area contributed by atoms with E-state index in [0.717, 1.165) is 19.7 Å². The van der Waals surface area contributed by atoms with Crippen LogP contribution in [-0.4, -0.2) is 25.8 Å². The standard InChI is InChI=1S/C10H19NO/c1-10(2,3)9-8-11-6-4-5-7-12-9/h4-5,9,11H,6-8H2,1-3H3/b5-4-. The quantitative estimate of drug-likeness (QED) is 0.556. The van der Waals surface area contributed by atoms with Gasteiger partial charge in [0.05, 0.1) is 12.7 Å². The summed E-state index contributed by atoms with van der Waals surface area (Å²) in [5, 5.41) is 3.33. The van der Waals surface area contributed by atoms with E-state index < -0.39 is 0 Å². The van der Waals surface area contributed by atoms with E-state index in [-0.39, 0.29) is 5.41 Å². The Kier molecular flexibility index (Phi) is 3.29. The lowest BCUT2D eigenvalue weighted by atomic mass is 9.89. The second-order valence-electron chi connectivity index (χ2n) is 4.32. The highest BCUT2D eigenvalue weighted by Crippen LogP contribution is 2.21. The Labute approximate surface area is 75.0 Å². The first-order chi connectivity index (χ1) is 5.61. The Morgan fingerprint density at radius 3 is 2.75 bits per heavy atom. The van der Waals surface area contributed by atoms with Gasteiger partial charge in [-0.05, 0) is 5.41 Å². The van der Waals surface area contributed by atoms with Gasteiger partial charge in [-0.3, -0.25) is 0 Å². The molecule has 70 valence electrons. The van der Waals surface area contributed by atoms with Crippen LogP contribution in [0.3, 0.4) is 0 Å². The summed E-state index contributed by atoms with van der Waals surface area (Å²) in [6.07, 6.45) is 4.51. The second-order valence-corrected chi connectivity index (χ2v) is 4.32. The van der Waals surface area contributed by atoms with E-state index in [1.54, 1.807) is 0 Å². The molecule has 0 amide bonds. The molecule has 1 heterocycles. The minimum Gasteiger partial charge on any atom is -0.372 e.